The minimum absolute atomic E-state index is 0.694. The molecule has 1 nitrogen and oxygen atoms in total. The molecule has 0 saturated heterocycles. The van der Waals surface area contributed by atoms with Crippen LogP contribution < -0.4 is 5.73 Å². The second-order valence-corrected chi connectivity index (χ2v) is 2.77. The van der Waals surface area contributed by atoms with E-state index in [0.717, 1.165) is 16.8 Å². The van der Waals surface area contributed by atoms with Gasteiger partial charge in [-0.3, -0.25) is 0 Å². The smallest absolute Gasteiger partial charge is 0.0527 e. The largest absolute Gasteiger partial charge is 0.398 e. The summed E-state index contributed by atoms with van der Waals surface area (Å²) in [5.41, 5.74) is 8.20. The summed E-state index contributed by atoms with van der Waals surface area (Å²) in [6, 6.07) is 3.69. The lowest BCUT2D eigenvalue weighted by molar-refractivity contribution is 1.46. The van der Waals surface area contributed by atoms with E-state index in [1.807, 2.05) is 19.1 Å². The molecule has 0 radical (unpaired) electrons. The van der Waals surface area contributed by atoms with Crippen molar-refractivity contribution in [2.24, 2.45) is 0 Å². The van der Waals surface area contributed by atoms with Crippen molar-refractivity contribution in [3.63, 3.8) is 0 Å². The molecule has 1 aromatic carbocycles. The Bertz CT molecular complexity index is 292. The van der Waals surface area contributed by atoms with Gasteiger partial charge in [-0.1, -0.05) is 30.3 Å². The van der Waals surface area contributed by atoms with E-state index < -0.39 is 0 Å². The zero-order valence-electron chi connectivity index (χ0n) is 6.39. The van der Waals surface area contributed by atoms with Crippen LogP contribution in [0.25, 0.3) is 6.08 Å². The first-order valence-corrected chi connectivity index (χ1v) is 3.71. The van der Waals surface area contributed by atoms with Crippen LogP contribution in [0.3, 0.4) is 0 Å². The van der Waals surface area contributed by atoms with E-state index in [2.05, 4.69) is 6.58 Å². The number of benzene rings is 1. The summed E-state index contributed by atoms with van der Waals surface area (Å²) in [6.07, 6.45) is 1.72. The highest BCUT2D eigenvalue weighted by atomic mass is 35.5. The first-order valence-electron chi connectivity index (χ1n) is 3.34. The van der Waals surface area contributed by atoms with Crippen LogP contribution in [0.5, 0.6) is 0 Å². The van der Waals surface area contributed by atoms with Crippen molar-refractivity contribution < 1.29 is 0 Å². The minimum Gasteiger partial charge on any atom is -0.398 e. The third-order valence-corrected chi connectivity index (χ3v) is 2.18. The molecule has 58 valence electrons. The van der Waals surface area contributed by atoms with Gasteiger partial charge in [0.25, 0.3) is 0 Å². The first-order chi connectivity index (χ1) is 5.16. The molecule has 0 spiro atoms. The highest BCUT2D eigenvalue weighted by Gasteiger charge is 2.01. The fraction of sp³-hybridized carbons (Fsp3) is 0.111. The number of rotatable bonds is 1. The number of nitrogen functional groups attached to an aromatic ring is 1. The summed E-state index contributed by atoms with van der Waals surface area (Å²) < 4.78 is 0. The summed E-state index contributed by atoms with van der Waals surface area (Å²) >= 11 is 5.95. The quantitative estimate of drug-likeness (QED) is 0.640. The van der Waals surface area contributed by atoms with Gasteiger partial charge >= 0.3 is 0 Å². The third kappa shape index (κ3) is 1.38. The average Bonchev–Trinajstić information content (AvgIpc) is 2.01. The SMILES string of the molecule is C=Cc1ccc(N)c(C)c1Cl. The molecule has 2 heteroatoms. The lowest BCUT2D eigenvalue weighted by Crippen LogP contribution is -1.90. The van der Waals surface area contributed by atoms with E-state index in [9.17, 15) is 0 Å². The normalized spacial score (nSPS) is 9.64. The van der Waals surface area contributed by atoms with Crippen molar-refractivity contribution in [1.82, 2.24) is 0 Å². The zero-order chi connectivity index (χ0) is 8.43. The Hall–Kier alpha value is -0.950. The van der Waals surface area contributed by atoms with E-state index in [0.29, 0.717) is 5.02 Å². The van der Waals surface area contributed by atoms with E-state index in [1.54, 1.807) is 6.08 Å². The van der Waals surface area contributed by atoms with Gasteiger partial charge in [0.1, 0.15) is 0 Å². The summed E-state index contributed by atoms with van der Waals surface area (Å²) in [6.45, 7) is 5.53. The minimum atomic E-state index is 0.694. The molecule has 0 fully saturated rings. The van der Waals surface area contributed by atoms with Gasteiger partial charge in [0, 0.05) is 5.69 Å². The van der Waals surface area contributed by atoms with Crippen molar-refractivity contribution in [2.75, 3.05) is 5.73 Å². The lowest BCUT2D eigenvalue weighted by Gasteiger charge is -2.04. The Balaban J connectivity index is 3.36. The highest BCUT2D eigenvalue weighted by molar-refractivity contribution is 6.33. The monoisotopic (exact) mass is 167 g/mol. The molecule has 0 unspecified atom stereocenters. The van der Waals surface area contributed by atoms with Crippen molar-refractivity contribution in [3.05, 3.63) is 34.9 Å². The number of anilines is 1. The van der Waals surface area contributed by atoms with Crippen LogP contribution in [0.4, 0.5) is 5.69 Å². The van der Waals surface area contributed by atoms with E-state index in [-0.39, 0.29) is 0 Å². The van der Waals surface area contributed by atoms with E-state index in [4.69, 9.17) is 17.3 Å². The highest BCUT2D eigenvalue weighted by Crippen LogP contribution is 2.25. The van der Waals surface area contributed by atoms with Gasteiger partial charge in [-0.25, -0.2) is 0 Å². The van der Waals surface area contributed by atoms with Gasteiger partial charge in [0.2, 0.25) is 0 Å². The summed E-state index contributed by atoms with van der Waals surface area (Å²) in [4.78, 5) is 0. The molecule has 0 saturated carbocycles. The van der Waals surface area contributed by atoms with Gasteiger partial charge < -0.3 is 5.73 Å². The van der Waals surface area contributed by atoms with Gasteiger partial charge in [-0.2, -0.15) is 0 Å². The Morgan fingerprint density at radius 3 is 2.73 bits per heavy atom. The molecule has 0 aromatic heterocycles. The Morgan fingerprint density at radius 2 is 2.18 bits per heavy atom. The van der Waals surface area contributed by atoms with Gasteiger partial charge in [0.15, 0.2) is 0 Å². The predicted octanol–water partition coefficient (Wildman–Crippen LogP) is 2.87. The maximum Gasteiger partial charge on any atom is 0.0527 e. The number of hydrogen-bond donors (Lipinski definition) is 1. The fourth-order valence-corrected chi connectivity index (χ4v) is 1.13. The second-order valence-electron chi connectivity index (χ2n) is 2.39. The van der Waals surface area contributed by atoms with Crippen molar-refractivity contribution in [1.29, 1.82) is 0 Å². The number of hydrogen-bond acceptors (Lipinski definition) is 1. The standard InChI is InChI=1S/C9H10ClN/c1-3-7-4-5-8(11)6(2)9(7)10/h3-5H,1,11H2,2H3. The van der Waals surface area contributed by atoms with Crippen molar-refractivity contribution in [3.8, 4) is 0 Å². The predicted molar refractivity (Wildman–Crippen MR) is 50.7 cm³/mol. The molecular weight excluding hydrogens is 158 g/mol. The first kappa shape index (κ1) is 8.15. The van der Waals surface area contributed by atoms with Gasteiger partial charge in [-0.15, -0.1) is 0 Å². The fourth-order valence-electron chi connectivity index (χ4n) is 0.879. The molecule has 0 atom stereocenters. The van der Waals surface area contributed by atoms with Crippen LogP contribution in [0, 0.1) is 6.92 Å². The second kappa shape index (κ2) is 2.97. The Morgan fingerprint density at radius 1 is 1.55 bits per heavy atom. The zero-order valence-corrected chi connectivity index (χ0v) is 7.15. The maximum absolute atomic E-state index is 5.95. The van der Waals surface area contributed by atoms with E-state index in [1.165, 1.54) is 0 Å². The number of nitrogens with two attached hydrogens (primary N) is 1. The maximum atomic E-state index is 5.95. The summed E-state index contributed by atoms with van der Waals surface area (Å²) in [5, 5.41) is 0.694. The summed E-state index contributed by atoms with van der Waals surface area (Å²) in [5.74, 6) is 0. The average molecular weight is 168 g/mol. The van der Waals surface area contributed by atoms with Crippen LogP contribution in [-0.2, 0) is 0 Å². The molecule has 0 aliphatic rings. The molecule has 0 bridgehead atoms. The number of halogens is 1. The molecule has 0 aliphatic heterocycles. The Labute approximate surface area is 71.5 Å². The molecule has 11 heavy (non-hydrogen) atoms. The Kier molecular flexibility index (Phi) is 2.20. The molecular formula is C9H10ClN. The molecule has 0 aliphatic carbocycles. The molecule has 0 heterocycles. The topological polar surface area (TPSA) is 26.0 Å². The molecule has 1 rings (SSSR count). The van der Waals surface area contributed by atoms with Crippen LogP contribution >= 0.6 is 11.6 Å². The lowest BCUT2D eigenvalue weighted by atomic mass is 10.1. The van der Waals surface area contributed by atoms with Gasteiger partial charge in [0.05, 0.1) is 5.02 Å². The van der Waals surface area contributed by atoms with Crippen LogP contribution in [0.1, 0.15) is 11.1 Å². The van der Waals surface area contributed by atoms with Gasteiger partial charge in [-0.05, 0) is 24.1 Å². The van der Waals surface area contributed by atoms with Crippen molar-refractivity contribution >= 4 is 23.4 Å². The summed E-state index contributed by atoms with van der Waals surface area (Å²) in [7, 11) is 0. The molecule has 0 amide bonds. The van der Waals surface area contributed by atoms with Crippen LogP contribution in [-0.4, -0.2) is 0 Å². The van der Waals surface area contributed by atoms with Crippen LogP contribution in [0.15, 0.2) is 18.7 Å². The van der Waals surface area contributed by atoms with Crippen molar-refractivity contribution in [2.45, 2.75) is 6.92 Å². The van der Waals surface area contributed by atoms with E-state index >= 15 is 0 Å². The molecule has 2 N–H and O–H groups in total. The van der Waals surface area contributed by atoms with Crippen LogP contribution in [0.2, 0.25) is 5.02 Å². The molecule has 1 aromatic rings. The third-order valence-electron chi connectivity index (χ3n) is 1.68.